The minimum atomic E-state index is -0.399. The lowest BCUT2D eigenvalue weighted by Crippen LogP contribution is -2.52. The van der Waals surface area contributed by atoms with Crippen LogP contribution in [0.2, 0.25) is 5.02 Å². The van der Waals surface area contributed by atoms with E-state index in [0.717, 1.165) is 0 Å². The molecular weight excluding hydrogens is 342 g/mol. The quantitative estimate of drug-likeness (QED) is 0.889. The van der Waals surface area contributed by atoms with Gasteiger partial charge in [-0.25, -0.2) is 9.59 Å². The van der Waals surface area contributed by atoms with Gasteiger partial charge in [-0.1, -0.05) is 29.8 Å². The van der Waals surface area contributed by atoms with E-state index in [2.05, 4.69) is 5.32 Å². The second-order valence-electron chi connectivity index (χ2n) is 5.59. The van der Waals surface area contributed by atoms with Gasteiger partial charge < -0.3 is 19.9 Å². The summed E-state index contributed by atoms with van der Waals surface area (Å²) >= 11 is 5.83. The molecule has 1 aliphatic rings. The lowest BCUT2D eigenvalue weighted by Gasteiger charge is -2.34. The summed E-state index contributed by atoms with van der Waals surface area (Å²) < 4.78 is 5.31. The number of amides is 3. The molecule has 0 spiro atoms. The minimum absolute atomic E-state index is 0.196. The van der Waals surface area contributed by atoms with Crippen molar-refractivity contribution in [3.8, 4) is 5.75 Å². The number of hydrogen-bond acceptors (Lipinski definition) is 3. The Hall–Kier alpha value is -2.73. The molecule has 7 heteroatoms. The number of piperazine rings is 1. The average Bonchev–Trinajstić information content (AvgIpc) is 2.64. The van der Waals surface area contributed by atoms with Gasteiger partial charge in [-0.15, -0.1) is 0 Å². The molecule has 0 bridgehead atoms. The third kappa shape index (κ3) is 4.64. The summed E-state index contributed by atoms with van der Waals surface area (Å²) in [5.74, 6) is 0.510. The van der Waals surface area contributed by atoms with Gasteiger partial charge >= 0.3 is 12.1 Å². The van der Waals surface area contributed by atoms with Crippen LogP contribution in [0.1, 0.15) is 0 Å². The molecule has 0 atom stereocenters. The summed E-state index contributed by atoms with van der Waals surface area (Å²) in [5.41, 5.74) is 0.681. The Balaban J connectivity index is 1.48. The number of nitrogens with one attached hydrogen (secondary N) is 1. The van der Waals surface area contributed by atoms with Crippen molar-refractivity contribution < 1.29 is 14.3 Å². The van der Waals surface area contributed by atoms with Crippen LogP contribution in [0.25, 0.3) is 0 Å². The van der Waals surface area contributed by atoms with Crippen LogP contribution >= 0.6 is 11.6 Å². The van der Waals surface area contributed by atoms with Crippen LogP contribution in [-0.4, -0.2) is 48.1 Å². The van der Waals surface area contributed by atoms with E-state index in [-0.39, 0.29) is 6.03 Å². The molecule has 6 nitrogen and oxygen atoms in total. The molecule has 25 heavy (non-hydrogen) atoms. The van der Waals surface area contributed by atoms with Crippen molar-refractivity contribution in [1.29, 1.82) is 0 Å². The molecule has 0 saturated carbocycles. The first-order valence-corrected chi connectivity index (χ1v) is 8.33. The van der Waals surface area contributed by atoms with Crippen molar-refractivity contribution in [2.45, 2.75) is 0 Å². The molecule has 0 unspecified atom stereocenters. The molecule has 0 aromatic heterocycles. The van der Waals surface area contributed by atoms with Crippen LogP contribution in [0.5, 0.6) is 5.75 Å². The summed E-state index contributed by atoms with van der Waals surface area (Å²) in [6, 6.07) is 15.7. The topological polar surface area (TPSA) is 61.9 Å². The number of carbonyl (C=O) groups is 2. The third-order valence-electron chi connectivity index (χ3n) is 3.87. The Morgan fingerprint density at radius 3 is 2.12 bits per heavy atom. The summed E-state index contributed by atoms with van der Waals surface area (Å²) in [4.78, 5) is 27.7. The zero-order valence-corrected chi connectivity index (χ0v) is 14.3. The zero-order chi connectivity index (χ0) is 17.6. The van der Waals surface area contributed by atoms with Gasteiger partial charge in [0.15, 0.2) is 0 Å². The molecule has 0 aliphatic carbocycles. The maximum absolute atomic E-state index is 12.3. The van der Waals surface area contributed by atoms with Gasteiger partial charge in [0.2, 0.25) is 0 Å². The number of urea groups is 1. The molecule has 1 heterocycles. The first-order valence-electron chi connectivity index (χ1n) is 7.95. The smallest absolute Gasteiger partial charge is 0.410 e. The second-order valence-corrected chi connectivity index (χ2v) is 6.03. The van der Waals surface area contributed by atoms with Crippen molar-refractivity contribution in [1.82, 2.24) is 9.80 Å². The Morgan fingerprint density at radius 1 is 0.880 bits per heavy atom. The van der Waals surface area contributed by atoms with Crippen molar-refractivity contribution in [3.05, 3.63) is 59.6 Å². The van der Waals surface area contributed by atoms with E-state index in [4.69, 9.17) is 16.3 Å². The Labute approximate surface area is 150 Å². The van der Waals surface area contributed by atoms with E-state index in [0.29, 0.717) is 42.6 Å². The van der Waals surface area contributed by atoms with E-state index in [1.807, 2.05) is 18.2 Å². The lowest BCUT2D eigenvalue weighted by atomic mass is 10.3. The summed E-state index contributed by atoms with van der Waals surface area (Å²) in [7, 11) is 0. The van der Waals surface area contributed by atoms with Crippen LogP contribution < -0.4 is 10.1 Å². The van der Waals surface area contributed by atoms with Gasteiger partial charge in [0.05, 0.1) is 0 Å². The first kappa shape index (κ1) is 17.1. The Kier molecular flexibility index (Phi) is 5.40. The Bertz CT molecular complexity index is 729. The second kappa shape index (κ2) is 7.90. The third-order valence-corrected chi connectivity index (χ3v) is 4.12. The van der Waals surface area contributed by atoms with Gasteiger partial charge in [-0.05, 0) is 36.4 Å². The van der Waals surface area contributed by atoms with E-state index < -0.39 is 6.09 Å². The molecule has 3 amide bonds. The number of anilines is 1. The Morgan fingerprint density at radius 2 is 1.48 bits per heavy atom. The van der Waals surface area contributed by atoms with Crippen LogP contribution in [0.15, 0.2) is 54.6 Å². The van der Waals surface area contributed by atoms with Gasteiger partial charge in [0, 0.05) is 36.9 Å². The molecular formula is C18H18ClN3O3. The van der Waals surface area contributed by atoms with Gasteiger partial charge in [-0.3, -0.25) is 0 Å². The fourth-order valence-electron chi connectivity index (χ4n) is 2.48. The van der Waals surface area contributed by atoms with Gasteiger partial charge in [-0.2, -0.15) is 0 Å². The monoisotopic (exact) mass is 359 g/mol. The highest BCUT2D eigenvalue weighted by Gasteiger charge is 2.25. The molecule has 0 radical (unpaired) electrons. The van der Waals surface area contributed by atoms with Crippen LogP contribution in [-0.2, 0) is 0 Å². The predicted octanol–water partition coefficient (Wildman–Crippen LogP) is 3.69. The number of benzene rings is 2. The van der Waals surface area contributed by atoms with E-state index in [9.17, 15) is 9.59 Å². The highest BCUT2D eigenvalue weighted by Crippen LogP contribution is 2.15. The van der Waals surface area contributed by atoms with E-state index >= 15 is 0 Å². The largest absolute Gasteiger partial charge is 0.415 e. The lowest BCUT2D eigenvalue weighted by molar-refractivity contribution is 0.120. The maximum Gasteiger partial charge on any atom is 0.415 e. The van der Waals surface area contributed by atoms with Crippen LogP contribution in [0.4, 0.5) is 15.3 Å². The maximum atomic E-state index is 12.3. The number of hydrogen-bond donors (Lipinski definition) is 1. The summed E-state index contributed by atoms with van der Waals surface area (Å²) in [6.07, 6.45) is -0.399. The number of para-hydroxylation sites is 1. The van der Waals surface area contributed by atoms with Gasteiger partial charge in [0.1, 0.15) is 5.75 Å². The van der Waals surface area contributed by atoms with Crippen molar-refractivity contribution >= 4 is 29.4 Å². The van der Waals surface area contributed by atoms with E-state index in [1.54, 1.807) is 46.2 Å². The standard InChI is InChI=1S/C18H18ClN3O3/c19-14-6-8-15(9-7-14)20-17(23)21-10-12-22(13-11-21)18(24)25-16-4-2-1-3-5-16/h1-9H,10-13H2,(H,20,23). The zero-order valence-electron chi connectivity index (χ0n) is 13.5. The predicted molar refractivity (Wildman–Crippen MR) is 96.1 cm³/mol. The fourth-order valence-corrected chi connectivity index (χ4v) is 2.61. The molecule has 2 aromatic carbocycles. The highest BCUT2D eigenvalue weighted by molar-refractivity contribution is 6.30. The summed E-state index contributed by atoms with van der Waals surface area (Å²) in [5, 5.41) is 3.43. The normalized spacial score (nSPS) is 14.1. The minimum Gasteiger partial charge on any atom is -0.410 e. The molecule has 1 saturated heterocycles. The van der Waals surface area contributed by atoms with Crippen molar-refractivity contribution in [3.63, 3.8) is 0 Å². The molecule has 130 valence electrons. The highest BCUT2D eigenvalue weighted by atomic mass is 35.5. The number of carbonyl (C=O) groups excluding carboxylic acids is 2. The number of rotatable bonds is 2. The molecule has 1 aliphatic heterocycles. The number of nitrogens with zero attached hydrogens (tertiary/aromatic N) is 2. The van der Waals surface area contributed by atoms with Gasteiger partial charge in [0.25, 0.3) is 0 Å². The average molecular weight is 360 g/mol. The molecule has 1 N–H and O–H groups in total. The molecule has 3 rings (SSSR count). The molecule has 2 aromatic rings. The van der Waals surface area contributed by atoms with Crippen molar-refractivity contribution in [2.24, 2.45) is 0 Å². The van der Waals surface area contributed by atoms with E-state index in [1.165, 1.54) is 0 Å². The molecule has 1 fully saturated rings. The number of ether oxygens (including phenoxy) is 1. The summed E-state index contributed by atoms with van der Waals surface area (Å²) in [6.45, 7) is 1.76. The van der Waals surface area contributed by atoms with Crippen LogP contribution in [0.3, 0.4) is 0 Å². The fraction of sp³-hybridized carbons (Fsp3) is 0.222. The van der Waals surface area contributed by atoms with Crippen LogP contribution in [0, 0.1) is 0 Å². The first-order chi connectivity index (χ1) is 12.1. The SMILES string of the molecule is O=C(Nc1ccc(Cl)cc1)N1CCN(C(=O)Oc2ccccc2)CC1. The number of halogens is 1. The van der Waals surface area contributed by atoms with Crippen molar-refractivity contribution in [2.75, 3.05) is 31.5 Å².